The number of aromatic nitrogens is 2. The van der Waals surface area contributed by atoms with Crippen LogP contribution in [0.15, 0.2) is 35.5 Å². The van der Waals surface area contributed by atoms with Crippen LogP contribution in [0.2, 0.25) is 0 Å². The number of nitrogens with zero attached hydrogens (tertiary/aromatic N) is 4. The number of aryl methyl sites for hydroxylation is 1. The van der Waals surface area contributed by atoms with E-state index in [4.69, 9.17) is 4.74 Å². The largest absolute Gasteiger partial charge is 0.435 e. The predicted molar refractivity (Wildman–Crippen MR) is 116 cm³/mol. The molecular formula is C19H22F6IN5O. The lowest BCUT2D eigenvalue weighted by Gasteiger charge is -2.35. The molecule has 0 spiro atoms. The van der Waals surface area contributed by atoms with E-state index in [1.807, 2.05) is 0 Å². The second-order valence-electron chi connectivity index (χ2n) is 7.00. The highest BCUT2D eigenvalue weighted by atomic mass is 127. The summed E-state index contributed by atoms with van der Waals surface area (Å²) >= 11 is 0. The third kappa shape index (κ3) is 6.27. The maximum Gasteiger partial charge on any atom is 0.435 e. The number of morpholine rings is 1. The Labute approximate surface area is 197 Å². The van der Waals surface area contributed by atoms with Gasteiger partial charge in [-0.1, -0.05) is 12.1 Å². The molecule has 1 aliphatic rings. The third-order valence-corrected chi connectivity index (χ3v) is 4.77. The van der Waals surface area contributed by atoms with Gasteiger partial charge in [-0.25, -0.2) is 0 Å². The van der Waals surface area contributed by atoms with E-state index in [0.717, 1.165) is 16.8 Å². The number of alkyl halides is 6. The molecule has 32 heavy (non-hydrogen) atoms. The molecule has 0 aliphatic carbocycles. The van der Waals surface area contributed by atoms with E-state index in [0.29, 0.717) is 18.1 Å². The van der Waals surface area contributed by atoms with E-state index in [9.17, 15) is 26.3 Å². The van der Waals surface area contributed by atoms with Gasteiger partial charge < -0.3 is 15.0 Å². The molecule has 1 atom stereocenters. The predicted octanol–water partition coefficient (Wildman–Crippen LogP) is 4.22. The van der Waals surface area contributed by atoms with Gasteiger partial charge in [0, 0.05) is 38.9 Å². The zero-order valence-corrected chi connectivity index (χ0v) is 19.5. The van der Waals surface area contributed by atoms with Crippen molar-refractivity contribution >= 4 is 29.9 Å². The Balaban J connectivity index is 0.00000363. The topological polar surface area (TPSA) is 54.7 Å². The first kappa shape index (κ1) is 26.2. The fourth-order valence-electron chi connectivity index (χ4n) is 3.37. The van der Waals surface area contributed by atoms with E-state index in [-0.39, 0.29) is 49.2 Å². The average molecular weight is 577 g/mol. The van der Waals surface area contributed by atoms with E-state index in [1.165, 1.54) is 26.4 Å². The fourth-order valence-corrected chi connectivity index (χ4v) is 3.37. The van der Waals surface area contributed by atoms with Gasteiger partial charge in [-0.15, -0.1) is 24.0 Å². The van der Waals surface area contributed by atoms with Gasteiger partial charge in [0.05, 0.1) is 18.7 Å². The summed E-state index contributed by atoms with van der Waals surface area (Å²) in [7, 11) is 2.88. The molecule has 0 radical (unpaired) electrons. The summed E-state index contributed by atoms with van der Waals surface area (Å²) in [5, 5.41) is 6.34. The fraction of sp³-hybridized carbons (Fsp3) is 0.474. The summed E-state index contributed by atoms with van der Waals surface area (Å²) < 4.78 is 85.2. The molecule has 1 aromatic carbocycles. The zero-order chi connectivity index (χ0) is 22.8. The van der Waals surface area contributed by atoms with Crippen LogP contribution in [0.3, 0.4) is 0 Å². The third-order valence-electron chi connectivity index (χ3n) is 4.77. The van der Waals surface area contributed by atoms with E-state index in [1.54, 1.807) is 11.0 Å². The minimum atomic E-state index is -4.59. The Morgan fingerprint density at radius 3 is 2.56 bits per heavy atom. The van der Waals surface area contributed by atoms with Crippen molar-refractivity contribution in [3.05, 3.63) is 52.8 Å². The van der Waals surface area contributed by atoms with Crippen molar-refractivity contribution in [3.63, 3.8) is 0 Å². The lowest BCUT2D eigenvalue weighted by atomic mass is 10.0. The van der Waals surface area contributed by atoms with Crippen molar-refractivity contribution in [2.45, 2.75) is 25.0 Å². The first-order valence-corrected chi connectivity index (χ1v) is 9.33. The number of ether oxygens (including phenoxy) is 1. The minimum absolute atomic E-state index is 0. The second kappa shape index (κ2) is 10.3. The van der Waals surface area contributed by atoms with Crippen molar-refractivity contribution < 1.29 is 31.1 Å². The molecule has 0 saturated carbocycles. The molecule has 1 N–H and O–H groups in total. The highest BCUT2D eigenvalue weighted by Gasteiger charge is 2.37. The maximum atomic E-state index is 13.1. The summed E-state index contributed by atoms with van der Waals surface area (Å²) in [5.41, 5.74) is -1.44. The average Bonchev–Trinajstić information content (AvgIpc) is 3.09. The number of guanidine groups is 1. The molecule has 1 aromatic heterocycles. The number of rotatable bonds is 3. The van der Waals surface area contributed by atoms with Gasteiger partial charge in [-0.3, -0.25) is 9.67 Å². The summed E-state index contributed by atoms with van der Waals surface area (Å²) in [6.45, 7) is 0.637. The van der Waals surface area contributed by atoms with Crippen LogP contribution in [-0.4, -0.2) is 47.4 Å². The summed E-state index contributed by atoms with van der Waals surface area (Å²) in [4.78, 5) is 5.83. The summed E-state index contributed by atoms with van der Waals surface area (Å²) in [6, 6.07) is 4.88. The Bertz CT molecular complexity index is 943. The molecule has 3 rings (SSSR count). The highest BCUT2D eigenvalue weighted by Crippen LogP contribution is 2.33. The molecule has 1 saturated heterocycles. The van der Waals surface area contributed by atoms with Crippen LogP contribution in [-0.2, 0) is 30.7 Å². The van der Waals surface area contributed by atoms with Crippen LogP contribution in [0.4, 0.5) is 26.3 Å². The van der Waals surface area contributed by atoms with Crippen LogP contribution < -0.4 is 5.32 Å². The molecular weight excluding hydrogens is 555 g/mol. The Hall–Kier alpha value is -2.03. The normalized spacial score (nSPS) is 17.8. The summed E-state index contributed by atoms with van der Waals surface area (Å²) in [5.74, 6) is 0.317. The molecule has 6 nitrogen and oxygen atoms in total. The van der Waals surface area contributed by atoms with Gasteiger partial charge in [0.25, 0.3) is 0 Å². The first-order valence-electron chi connectivity index (χ1n) is 9.33. The first-order chi connectivity index (χ1) is 14.5. The van der Waals surface area contributed by atoms with Crippen molar-refractivity contribution in [2.24, 2.45) is 12.0 Å². The van der Waals surface area contributed by atoms with Gasteiger partial charge in [-0.2, -0.15) is 31.4 Å². The smallest absolute Gasteiger partial charge is 0.370 e. The van der Waals surface area contributed by atoms with Crippen molar-refractivity contribution in [1.82, 2.24) is 20.0 Å². The van der Waals surface area contributed by atoms with Crippen LogP contribution in [0, 0.1) is 0 Å². The monoisotopic (exact) mass is 577 g/mol. The second-order valence-corrected chi connectivity index (χ2v) is 7.00. The van der Waals surface area contributed by atoms with Gasteiger partial charge in [0.2, 0.25) is 0 Å². The number of benzene rings is 1. The van der Waals surface area contributed by atoms with Crippen molar-refractivity contribution in [3.8, 4) is 0 Å². The Morgan fingerprint density at radius 2 is 1.94 bits per heavy atom. The van der Waals surface area contributed by atoms with Crippen LogP contribution >= 0.6 is 24.0 Å². The lowest BCUT2D eigenvalue weighted by molar-refractivity contribution is -0.142. The molecule has 178 valence electrons. The summed E-state index contributed by atoms with van der Waals surface area (Å²) in [6.07, 6.45) is -8.43. The molecule has 13 heteroatoms. The minimum Gasteiger partial charge on any atom is -0.370 e. The standard InChI is InChI=1S/C19H21F6N5O.HI/c1-26-17(27-9-13-10-29(2)28-16(13)19(23,24)25)30-6-7-31-15(11-30)12-4-3-5-14(8-12)18(20,21)22;/h3-5,8,10,15H,6-7,9,11H2,1-2H3,(H,26,27);1H. The number of hydrogen-bond acceptors (Lipinski definition) is 3. The molecule has 1 aliphatic heterocycles. The van der Waals surface area contributed by atoms with Crippen molar-refractivity contribution in [2.75, 3.05) is 26.7 Å². The molecule has 1 fully saturated rings. The molecule has 1 unspecified atom stereocenters. The quantitative estimate of drug-likeness (QED) is 0.257. The number of nitrogens with one attached hydrogen (secondary N) is 1. The molecule has 0 bridgehead atoms. The van der Waals surface area contributed by atoms with Crippen molar-refractivity contribution in [1.29, 1.82) is 0 Å². The van der Waals surface area contributed by atoms with Gasteiger partial charge in [0.1, 0.15) is 6.10 Å². The lowest BCUT2D eigenvalue weighted by Crippen LogP contribution is -2.48. The van der Waals surface area contributed by atoms with Crippen LogP contribution in [0.5, 0.6) is 0 Å². The van der Waals surface area contributed by atoms with Crippen LogP contribution in [0.25, 0.3) is 0 Å². The molecule has 0 amide bonds. The number of hydrogen-bond donors (Lipinski definition) is 1. The Morgan fingerprint density at radius 1 is 1.22 bits per heavy atom. The SMILES string of the molecule is CN=C(NCc1cn(C)nc1C(F)(F)F)N1CCOC(c2cccc(C(F)(F)F)c2)C1.I. The zero-order valence-electron chi connectivity index (χ0n) is 17.2. The molecule has 2 aromatic rings. The maximum absolute atomic E-state index is 13.1. The number of halogens is 7. The number of aliphatic imine (C=N–C) groups is 1. The van der Waals surface area contributed by atoms with Gasteiger partial charge in [-0.05, 0) is 17.7 Å². The van der Waals surface area contributed by atoms with E-state index in [2.05, 4.69) is 15.4 Å². The van der Waals surface area contributed by atoms with E-state index >= 15 is 0 Å². The highest BCUT2D eigenvalue weighted by molar-refractivity contribution is 14.0. The Kier molecular flexibility index (Phi) is 8.42. The van der Waals surface area contributed by atoms with E-state index < -0.39 is 29.7 Å². The van der Waals surface area contributed by atoms with Gasteiger partial charge in [0.15, 0.2) is 11.7 Å². The van der Waals surface area contributed by atoms with Crippen LogP contribution in [0.1, 0.15) is 28.5 Å². The molecule has 2 heterocycles. The van der Waals surface area contributed by atoms with Gasteiger partial charge >= 0.3 is 12.4 Å².